The van der Waals surface area contributed by atoms with Gasteiger partial charge in [-0.15, -0.1) is 0 Å². The third kappa shape index (κ3) is 5.36. The van der Waals surface area contributed by atoms with Gasteiger partial charge in [0.1, 0.15) is 11.5 Å². The summed E-state index contributed by atoms with van der Waals surface area (Å²) < 4.78 is 57.7. The first kappa shape index (κ1) is 25.2. The number of amides is 2. The predicted molar refractivity (Wildman–Crippen MR) is 122 cm³/mol. The third-order valence-electron chi connectivity index (χ3n) is 6.97. The van der Waals surface area contributed by atoms with Gasteiger partial charge in [-0.25, -0.2) is 9.18 Å². The van der Waals surface area contributed by atoms with Crippen molar-refractivity contribution in [1.29, 1.82) is 0 Å². The van der Waals surface area contributed by atoms with Crippen LogP contribution in [0.5, 0.6) is 0 Å². The van der Waals surface area contributed by atoms with Crippen molar-refractivity contribution in [3.8, 4) is 0 Å². The van der Waals surface area contributed by atoms with Gasteiger partial charge in [0.25, 0.3) is 0 Å². The Labute approximate surface area is 201 Å². The van der Waals surface area contributed by atoms with Crippen LogP contribution in [-0.2, 0) is 11.6 Å². The summed E-state index contributed by atoms with van der Waals surface area (Å²) >= 11 is 0. The van der Waals surface area contributed by atoms with Crippen molar-refractivity contribution in [1.82, 2.24) is 19.9 Å². The largest absolute Gasteiger partial charge is 0.471 e. The Hall–Kier alpha value is -2.89. The number of anilines is 2. The van der Waals surface area contributed by atoms with E-state index in [2.05, 4.69) is 43.6 Å². The van der Waals surface area contributed by atoms with Crippen LogP contribution in [0.1, 0.15) is 45.3 Å². The second-order valence-corrected chi connectivity index (χ2v) is 9.65. The number of rotatable bonds is 4. The van der Waals surface area contributed by atoms with Crippen molar-refractivity contribution in [3.63, 3.8) is 0 Å². The van der Waals surface area contributed by atoms with Crippen molar-refractivity contribution in [2.24, 2.45) is 0 Å². The number of alkyl halides is 3. The Bertz CT molecular complexity index is 1040. The monoisotopic (exact) mass is 498 g/mol. The summed E-state index contributed by atoms with van der Waals surface area (Å²) in [5.41, 5.74) is 0.00939. The number of hydrogen-bond acceptors (Lipinski definition) is 6. The van der Waals surface area contributed by atoms with E-state index in [1.54, 1.807) is 19.1 Å². The van der Waals surface area contributed by atoms with Crippen LogP contribution in [-0.4, -0.2) is 71.3 Å². The standard InChI is InChI=1S/C23H30F4N6O2/c1-15(2)31-11-13-32(14-12-31)17-6-4-5-16(24)18(17)28-21(34)33-9-7-22(3,8-10-33)19-29-20(35-30-19)23(25,26)27/h4-6,15H,7-14H2,1-3H3,(H,28,34). The molecular formula is C23H30F4N6O2. The SMILES string of the molecule is CC(C)N1CCN(c2cccc(F)c2NC(=O)N2CCC(C)(c3noc(C(F)(F)F)n3)CC2)CC1. The Kier molecular flexibility index (Phi) is 6.94. The number of benzene rings is 1. The molecule has 1 aromatic heterocycles. The number of likely N-dealkylation sites (tertiary alicyclic amines) is 1. The lowest BCUT2D eigenvalue weighted by molar-refractivity contribution is -0.159. The Balaban J connectivity index is 1.41. The van der Waals surface area contributed by atoms with Crippen LogP contribution in [0.4, 0.5) is 33.7 Å². The number of nitrogens with zero attached hydrogens (tertiary/aromatic N) is 5. The van der Waals surface area contributed by atoms with Gasteiger partial charge in [0, 0.05) is 50.7 Å². The fraction of sp³-hybridized carbons (Fsp3) is 0.609. The quantitative estimate of drug-likeness (QED) is 0.632. The number of nitrogens with one attached hydrogen (secondary N) is 1. The molecule has 0 unspecified atom stereocenters. The van der Waals surface area contributed by atoms with Crippen LogP contribution in [0.15, 0.2) is 22.7 Å². The van der Waals surface area contributed by atoms with E-state index in [9.17, 15) is 22.4 Å². The molecule has 2 aromatic rings. The van der Waals surface area contributed by atoms with Crippen LogP contribution in [0.25, 0.3) is 0 Å². The number of urea groups is 1. The molecule has 12 heteroatoms. The van der Waals surface area contributed by atoms with Crippen molar-refractivity contribution in [2.45, 2.75) is 51.2 Å². The first-order chi connectivity index (χ1) is 16.5. The number of carbonyl (C=O) groups is 1. The van der Waals surface area contributed by atoms with Gasteiger partial charge < -0.3 is 19.6 Å². The van der Waals surface area contributed by atoms with Crippen molar-refractivity contribution in [2.75, 3.05) is 49.5 Å². The lowest BCUT2D eigenvalue weighted by Crippen LogP contribution is -2.49. The van der Waals surface area contributed by atoms with E-state index in [0.29, 0.717) is 24.6 Å². The molecule has 0 radical (unpaired) electrons. The highest BCUT2D eigenvalue weighted by Gasteiger charge is 2.43. The van der Waals surface area contributed by atoms with Gasteiger partial charge in [-0.05, 0) is 38.8 Å². The molecule has 3 heterocycles. The third-order valence-corrected chi connectivity index (χ3v) is 6.97. The normalized spacial score (nSPS) is 19.3. The average molecular weight is 499 g/mol. The molecule has 0 bridgehead atoms. The van der Waals surface area contributed by atoms with Crippen LogP contribution >= 0.6 is 0 Å². The average Bonchev–Trinajstić information content (AvgIpc) is 3.33. The molecule has 0 aliphatic carbocycles. The Morgan fingerprint density at radius 3 is 2.34 bits per heavy atom. The number of aromatic nitrogens is 2. The zero-order valence-electron chi connectivity index (χ0n) is 20.0. The number of para-hydroxylation sites is 1. The molecule has 35 heavy (non-hydrogen) atoms. The highest BCUT2D eigenvalue weighted by atomic mass is 19.4. The van der Waals surface area contributed by atoms with Crippen LogP contribution < -0.4 is 10.2 Å². The van der Waals surface area contributed by atoms with Gasteiger partial charge in [0.05, 0.1) is 5.69 Å². The summed E-state index contributed by atoms with van der Waals surface area (Å²) in [7, 11) is 0. The molecular weight excluding hydrogens is 468 g/mol. The molecule has 0 saturated carbocycles. The topological polar surface area (TPSA) is 77.7 Å². The summed E-state index contributed by atoms with van der Waals surface area (Å²) in [6.07, 6.45) is -4.02. The maximum Gasteiger partial charge on any atom is 0.471 e. The highest BCUT2D eigenvalue weighted by molar-refractivity contribution is 5.93. The zero-order chi connectivity index (χ0) is 25.4. The van der Waals surface area contributed by atoms with Gasteiger partial charge in [-0.1, -0.05) is 18.1 Å². The van der Waals surface area contributed by atoms with E-state index in [1.807, 2.05) is 0 Å². The predicted octanol–water partition coefficient (Wildman–Crippen LogP) is 4.34. The zero-order valence-corrected chi connectivity index (χ0v) is 20.0. The van der Waals surface area contributed by atoms with Crippen LogP contribution in [0, 0.1) is 5.82 Å². The fourth-order valence-electron chi connectivity index (χ4n) is 4.58. The minimum absolute atomic E-state index is 0.0261. The second-order valence-electron chi connectivity index (χ2n) is 9.65. The first-order valence-electron chi connectivity index (χ1n) is 11.7. The number of hydrogen-bond donors (Lipinski definition) is 1. The molecule has 1 N–H and O–H groups in total. The first-order valence-corrected chi connectivity index (χ1v) is 11.7. The highest BCUT2D eigenvalue weighted by Crippen LogP contribution is 2.36. The van der Waals surface area contributed by atoms with E-state index in [1.165, 1.54) is 11.0 Å². The van der Waals surface area contributed by atoms with E-state index in [4.69, 9.17) is 0 Å². The molecule has 2 aliphatic rings. The molecule has 2 fully saturated rings. The Morgan fingerprint density at radius 2 is 1.77 bits per heavy atom. The molecule has 2 aliphatic heterocycles. The fourth-order valence-corrected chi connectivity index (χ4v) is 4.58. The number of piperidine rings is 1. The number of carbonyl (C=O) groups excluding carboxylic acids is 1. The van der Waals surface area contributed by atoms with Gasteiger partial charge in [0.2, 0.25) is 0 Å². The van der Waals surface area contributed by atoms with E-state index in [0.717, 1.165) is 26.2 Å². The lowest BCUT2D eigenvalue weighted by atomic mass is 9.80. The van der Waals surface area contributed by atoms with E-state index in [-0.39, 0.29) is 24.6 Å². The maximum atomic E-state index is 14.8. The Morgan fingerprint density at radius 1 is 1.11 bits per heavy atom. The maximum absolute atomic E-state index is 14.8. The smallest absolute Gasteiger partial charge is 0.367 e. The second kappa shape index (κ2) is 9.63. The molecule has 192 valence electrons. The molecule has 0 spiro atoms. The summed E-state index contributed by atoms with van der Waals surface area (Å²) in [4.78, 5) is 22.5. The summed E-state index contributed by atoms with van der Waals surface area (Å²) in [5.74, 6) is -1.92. The van der Waals surface area contributed by atoms with Crippen LogP contribution in [0.3, 0.4) is 0 Å². The molecule has 2 amide bonds. The van der Waals surface area contributed by atoms with E-state index >= 15 is 0 Å². The van der Waals surface area contributed by atoms with Crippen molar-refractivity contribution in [3.05, 3.63) is 35.7 Å². The number of piperazine rings is 1. The minimum atomic E-state index is -4.71. The summed E-state index contributed by atoms with van der Waals surface area (Å²) in [6, 6.07) is 4.71. The molecule has 8 nitrogen and oxygen atoms in total. The minimum Gasteiger partial charge on any atom is -0.367 e. The van der Waals surface area contributed by atoms with Crippen molar-refractivity contribution < 1.29 is 26.9 Å². The van der Waals surface area contributed by atoms with Crippen molar-refractivity contribution >= 4 is 17.4 Å². The summed E-state index contributed by atoms with van der Waals surface area (Å²) in [5, 5.41) is 6.25. The van der Waals surface area contributed by atoms with Gasteiger partial charge in [-0.3, -0.25) is 4.90 Å². The van der Waals surface area contributed by atoms with Crippen LogP contribution in [0.2, 0.25) is 0 Å². The number of halogens is 4. The van der Waals surface area contributed by atoms with E-state index < -0.39 is 29.3 Å². The molecule has 0 atom stereocenters. The molecule has 2 saturated heterocycles. The van der Waals surface area contributed by atoms with Gasteiger partial charge in [-0.2, -0.15) is 18.2 Å². The summed E-state index contributed by atoms with van der Waals surface area (Å²) in [6.45, 7) is 9.68. The molecule has 4 rings (SSSR count). The van der Waals surface area contributed by atoms with Gasteiger partial charge >= 0.3 is 18.1 Å². The molecule has 1 aromatic carbocycles. The van der Waals surface area contributed by atoms with Gasteiger partial charge in [0.15, 0.2) is 5.82 Å². The lowest BCUT2D eigenvalue weighted by Gasteiger charge is -2.39.